The van der Waals surface area contributed by atoms with E-state index >= 15 is 0 Å². The number of halogens is 2. The number of nitrogens with two attached hydrogens (primary N) is 1. The summed E-state index contributed by atoms with van der Waals surface area (Å²) in [4.78, 5) is 0. The van der Waals surface area contributed by atoms with Crippen molar-refractivity contribution in [1.82, 2.24) is 0 Å². The minimum absolute atomic E-state index is 0.0197. The van der Waals surface area contributed by atoms with Gasteiger partial charge in [-0.1, -0.05) is 25.0 Å². The summed E-state index contributed by atoms with van der Waals surface area (Å²) < 4.78 is 13.9. The summed E-state index contributed by atoms with van der Waals surface area (Å²) in [7, 11) is 0. The van der Waals surface area contributed by atoms with Gasteiger partial charge in [-0.15, -0.1) is 6.58 Å². The molecule has 1 atom stereocenters. The van der Waals surface area contributed by atoms with E-state index in [0.29, 0.717) is 0 Å². The van der Waals surface area contributed by atoms with Gasteiger partial charge in [0.1, 0.15) is 5.82 Å². The van der Waals surface area contributed by atoms with Crippen LogP contribution in [0.1, 0.15) is 43.7 Å². The third-order valence-electron chi connectivity index (χ3n) is 2.79. The standard InChI is InChI=1S/C14H19FIN/c1-2-3-4-5-6-7-14(17)12-9-8-11(15)10-13(12)16/h2,8-10,14H,1,3-7,17H2. The molecule has 1 nitrogen and oxygen atoms in total. The van der Waals surface area contributed by atoms with Crippen molar-refractivity contribution >= 4 is 22.6 Å². The van der Waals surface area contributed by atoms with E-state index in [2.05, 4.69) is 29.2 Å². The van der Waals surface area contributed by atoms with Gasteiger partial charge in [0.25, 0.3) is 0 Å². The van der Waals surface area contributed by atoms with Crippen molar-refractivity contribution in [3.8, 4) is 0 Å². The largest absolute Gasteiger partial charge is 0.324 e. The summed E-state index contributed by atoms with van der Waals surface area (Å²) in [5, 5.41) is 0. The quantitative estimate of drug-likeness (QED) is 0.437. The molecule has 0 bridgehead atoms. The maximum Gasteiger partial charge on any atom is 0.124 e. The minimum atomic E-state index is -0.198. The molecule has 2 N–H and O–H groups in total. The summed E-state index contributed by atoms with van der Waals surface area (Å²) in [5.74, 6) is -0.198. The molecule has 1 aromatic rings. The smallest absolute Gasteiger partial charge is 0.124 e. The first-order valence-electron chi connectivity index (χ1n) is 5.96. The molecule has 0 aliphatic heterocycles. The summed E-state index contributed by atoms with van der Waals surface area (Å²) in [6, 6.07) is 4.83. The Labute approximate surface area is 116 Å². The van der Waals surface area contributed by atoms with Crippen molar-refractivity contribution in [3.63, 3.8) is 0 Å². The molecule has 1 unspecified atom stereocenters. The monoisotopic (exact) mass is 347 g/mol. The van der Waals surface area contributed by atoms with Crippen molar-refractivity contribution in [2.75, 3.05) is 0 Å². The Morgan fingerprint density at radius 2 is 2.12 bits per heavy atom. The third kappa shape index (κ3) is 5.17. The maximum absolute atomic E-state index is 12.9. The van der Waals surface area contributed by atoms with Crippen LogP contribution in [-0.2, 0) is 0 Å². The number of benzene rings is 1. The van der Waals surface area contributed by atoms with Crippen LogP contribution in [0.4, 0.5) is 4.39 Å². The zero-order valence-electron chi connectivity index (χ0n) is 9.96. The van der Waals surface area contributed by atoms with Crippen LogP contribution in [0.5, 0.6) is 0 Å². The van der Waals surface area contributed by atoms with Gasteiger partial charge in [-0.2, -0.15) is 0 Å². The van der Waals surface area contributed by atoms with Crippen LogP contribution in [0.25, 0.3) is 0 Å². The van der Waals surface area contributed by atoms with Gasteiger partial charge in [-0.3, -0.25) is 0 Å². The fourth-order valence-electron chi connectivity index (χ4n) is 1.79. The lowest BCUT2D eigenvalue weighted by molar-refractivity contribution is 0.568. The van der Waals surface area contributed by atoms with E-state index in [0.717, 1.165) is 28.4 Å². The van der Waals surface area contributed by atoms with Crippen LogP contribution in [0.3, 0.4) is 0 Å². The second-order valence-electron chi connectivity index (χ2n) is 4.20. The first kappa shape index (κ1) is 14.6. The van der Waals surface area contributed by atoms with Crippen molar-refractivity contribution in [3.05, 3.63) is 45.8 Å². The van der Waals surface area contributed by atoms with Crippen LogP contribution in [0.2, 0.25) is 0 Å². The highest BCUT2D eigenvalue weighted by Gasteiger charge is 2.09. The average Bonchev–Trinajstić information content (AvgIpc) is 2.28. The molecule has 0 fully saturated rings. The second-order valence-corrected chi connectivity index (χ2v) is 5.36. The lowest BCUT2D eigenvalue weighted by Gasteiger charge is -2.13. The number of allylic oxidation sites excluding steroid dienone is 1. The van der Waals surface area contributed by atoms with E-state index in [9.17, 15) is 4.39 Å². The first-order chi connectivity index (χ1) is 8.15. The van der Waals surface area contributed by atoms with Crippen molar-refractivity contribution in [2.24, 2.45) is 5.73 Å². The van der Waals surface area contributed by atoms with Gasteiger partial charge in [-0.25, -0.2) is 4.39 Å². The number of hydrogen-bond donors (Lipinski definition) is 1. The SMILES string of the molecule is C=CCCCCCC(N)c1ccc(F)cc1I. The summed E-state index contributed by atoms with van der Waals surface area (Å²) >= 11 is 2.14. The summed E-state index contributed by atoms with van der Waals surface area (Å²) in [6.07, 6.45) is 7.45. The van der Waals surface area contributed by atoms with Gasteiger partial charge in [0.15, 0.2) is 0 Å². The number of unbranched alkanes of at least 4 members (excludes halogenated alkanes) is 3. The summed E-state index contributed by atoms with van der Waals surface area (Å²) in [6.45, 7) is 3.70. The Kier molecular flexibility index (Phi) is 6.73. The molecule has 94 valence electrons. The van der Waals surface area contributed by atoms with E-state index in [1.807, 2.05) is 6.08 Å². The van der Waals surface area contributed by atoms with E-state index in [4.69, 9.17) is 5.73 Å². The van der Waals surface area contributed by atoms with E-state index in [1.54, 1.807) is 6.07 Å². The van der Waals surface area contributed by atoms with Crippen molar-refractivity contribution < 1.29 is 4.39 Å². The molecule has 0 heterocycles. The van der Waals surface area contributed by atoms with E-state index in [-0.39, 0.29) is 11.9 Å². The van der Waals surface area contributed by atoms with Crippen LogP contribution >= 0.6 is 22.6 Å². The molecule has 0 spiro atoms. The Morgan fingerprint density at radius 1 is 1.35 bits per heavy atom. The predicted octanol–water partition coefficient (Wildman–Crippen LogP) is 4.57. The van der Waals surface area contributed by atoms with Crippen molar-refractivity contribution in [2.45, 2.75) is 38.1 Å². The molecule has 0 aliphatic rings. The molecule has 1 rings (SSSR count). The molecule has 0 saturated heterocycles. The Balaban J connectivity index is 2.41. The average molecular weight is 347 g/mol. The molecular weight excluding hydrogens is 328 g/mol. The molecule has 0 aliphatic carbocycles. The molecular formula is C14H19FIN. The fourth-order valence-corrected chi connectivity index (χ4v) is 2.66. The molecule has 17 heavy (non-hydrogen) atoms. The highest BCUT2D eigenvalue weighted by atomic mass is 127. The van der Waals surface area contributed by atoms with E-state index in [1.165, 1.54) is 25.0 Å². The van der Waals surface area contributed by atoms with Gasteiger partial charge in [0.05, 0.1) is 0 Å². The third-order valence-corrected chi connectivity index (χ3v) is 3.72. The normalized spacial score (nSPS) is 12.4. The van der Waals surface area contributed by atoms with Gasteiger partial charge in [-0.05, 0) is 59.5 Å². The second kappa shape index (κ2) is 7.82. The van der Waals surface area contributed by atoms with Gasteiger partial charge in [0.2, 0.25) is 0 Å². The highest BCUT2D eigenvalue weighted by molar-refractivity contribution is 14.1. The maximum atomic E-state index is 12.9. The number of hydrogen-bond acceptors (Lipinski definition) is 1. The lowest BCUT2D eigenvalue weighted by Crippen LogP contribution is -2.11. The molecule has 3 heteroatoms. The van der Waals surface area contributed by atoms with Crippen LogP contribution < -0.4 is 5.73 Å². The topological polar surface area (TPSA) is 26.0 Å². The van der Waals surface area contributed by atoms with Crippen LogP contribution in [0.15, 0.2) is 30.9 Å². The van der Waals surface area contributed by atoms with Gasteiger partial charge < -0.3 is 5.73 Å². The highest BCUT2D eigenvalue weighted by Crippen LogP contribution is 2.23. The predicted molar refractivity (Wildman–Crippen MR) is 79.3 cm³/mol. The zero-order valence-corrected chi connectivity index (χ0v) is 12.1. The minimum Gasteiger partial charge on any atom is -0.324 e. The Bertz CT molecular complexity index is 365. The summed E-state index contributed by atoms with van der Waals surface area (Å²) in [5.41, 5.74) is 7.16. The Morgan fingerprint density at radius 3 is 2.76 bits per heavy atom. The van der Waals surface area contributed by atoms with E-state index < -0.39 is 0 Å². The zero-order chi connectivity index (χ0) is 12.7. The molecule has 0 aromatic heterocycles. The van der Waals surface area contributed by atoms with Crippen molar-refractivity contribution in [1.29, 1.82) is 0 Å². The van der Waals surface area contributed by atoms with Gasteiger partial charge >= 0.3 is 0 Å². The fraction of sp³-hybridized carbons (Fsp3) is 0.429. The molecule has 1 aromatic carbocycles. The molecule has 0 saturated carbocycles. The lowest BCUT2D eigenvalue weighted by atomic mass is 10.0. The van der Waals surface area contributed by atoms with Crippen LogP contribution in [0, 0.1) is 9.39 Å². The number of rotatable bonds is 7. The molecule has 0 amide bonds. The first-order valence-corrected chi connectivity index (χ1v) is 7.04. The molecule has 0 radical (unpaired) electrons. The van der Waals surface area contributed by atoms with Gasteiger partial charge in [0, 0.05) is 9.61 Å². The van der Waals surface area contributed by atoms with Crippen LogP contribution in [-0.4, -0.2) is 0 Å². The Hall–Kier alpha value is -0.420.